The van der Waals surface area contributed by atoms with Crippen molar-refractivity contribution < 1.29 is 18.0 Å². The van der Waals surface area contributed by atoms with Crippen LogP contribution in [0.1, 0.15) is 43.4 Å². The Labute approximate surface area is 236 Å². The molecule has 208 valence electrons. The second-order valence-corrected chi connectivity index (χ2v) is 11.8. The van der Waals surface area contributed by atoms with Crippen molar-refractivity contribution >= 4 is 39.1 Å². The van der Waals surface area contributed by atoms with E-state index >= 15 is 0 Å². The number of benzene rings is 3. The first kappa shape index (κ1) is 30.2. The summed E-state index contributed by atoms with van der Waals surface area (Å²) in [7, 11) is -4.14. The lowest BCUT2D eigenvalue weighted by Crippen LogP contribution is -2.52. The van der Waals surface area contributed by atoms with E-state index in [4.69, 9.17) is 11.6 Å². The molecule has 1 N–H and O–H groups in total. The molecule has 3 aromatic rings. The van der Waals surface area contributed by atoms with E-state index in [1.54, 1.807) is 43.3 Å². The van der Waals surface area contributed by atoms with E-state index in [2.05, 4.69) is 5.32 Å². The third kappa shape index (κ3) is 7.61. The van der Waals surface area contributed by atoms with E-state index in [9.17, 15) is 18.0 Å². The normalized spacial score (nSPS) is 12.0. The first-order valence-corrected chi connectivity index (χ1v) is 14.9. The minimum absolute atomic E-state index is 0.0511. The number of nitrogens with zero attached hydrogens (tertiary/aromatic N) is 2. The average molecular weight is 570 g/mol. The molecule has 0 aliphatic heterocycles. The first-order chi connectivity index (χ1) is 18.6. The van der Waals surface area contributed by atoms with Crippen molar-refractivity contribution in [3.8, 4) is 0 Å². The van der Waals surface area contributed by atoms with Crippen molar-refractivity contribution in [2.24, 2.45) is 0 Å². The summed E-state index contributed by atoms with van der Waals surface area (Å²) in [5.74, 6) is -0.759. The van der Waals surface area contributed by atoms with Crippen molar-refractivity contribution in [3.63, 3.8) is 0 Å². The van der Waals surface area contributed by atoms with Crippen molar-refractivity contribution in [3.05, 3.63) is 94.5 Å². The Morgan fingerprint density at radius 1 is 0.949 bits per heavy atom. The van der Waals surface area contributed by atoms with Gasteiger partial charge in [0.25, 0.3) is 10.0 Å². The average Bonchev–Trinajstić information content (AvgIpc) is 2.92. The summed E-state index contributed by atoms with van der Waals surface area (Å²) < 4.78 is 28.9. The van der Waals surface area contributed by atoms with Crippen molar-refractivity contribution in [1.29, 1.82) is 0 Å². The molecule has 9 heteroatoms. The van der Waals surface area contributed by atoms with E-state index < -0.39 is 28.5 Å². The van der Waals surface area contributed by atoms with Gasteiger partial charge in [-0.15, -0.1) is 0 Å². The lowest BCUT2D eigenvalue weighted by atomic mass is 10.1. The minimum Gasteiger partial charge on any atom is -0.354 e. The van der Waals surface area contributed by atoms with Gasteiger partial charge >= 0.3 is 0 Å². The SMILES string of the molecule is CCCNC(=O)C(CC)N(Cc1cccc(C)c1)C(=O)CN(c1cc(Cl)ccc1C)S(=O)(=O)c1ccccc1. The standard InChI is InChI=1S/C30H36ClN3O4S/c1-5-17-32-30(36)27(6-2)33(20-24-12-10-11-22(3)18-24)29(35)21-34(28-19-25(31)16-15-23(28)4)39(37,38)26-13-8-7-9-14-26/h7-16,18-19,27H,5-6,17,20-21H2,1-4H3,(H,32,36). The molecule has 3 rings (SSSR count). The number of carbonyl (C=O) groups excluding carboxylic acids is 2. The number of aryl methyl sites for hydroxylation is 2. The number of hydrogen-bond acceptors (Lipinski definition) is 4. The maximum atomic E-state index is 14.1. The largest absolute Gasteiger partial charge is 0.354 e. The molecule has 0 fully saturated rings. The van der Waals surface area contributed by atoms with Crippen LogP contribution in [0.25, 0.3) is 0 Å². The molecule has 0 radical (unpaired) electrons. The highest BCUT2D eigenvalue weighted by Gasteiger charge is 2.34. The Bertz CT molecular complexity index is 1400. The molecule has 1 unspecified atom stereocenters. The number of carbonyl (C=O) groups is 2. The molecule has 0 aliphatic carbocycles. The number of nitrogens with one attached hydrogen (secondary N) is 1. The zero-order valence-electron chi connectivity index (χ0n) is 22.9. The first-order valence-electron chi connectivity index (χ1n) is 13.0. The summed E-state index contributed by atoms with van der Waals surface area (Å²) in [6.07, 6.45) is 1.12. The van der Waals surface area contributed by atoms with E-state index in [0.717, 1.165) is 21.9 Å². The molecule has 3 aromatic carbocycles. The van der Waals surface area contributed by atoms with Gasteiger partial charge in [-0.05, 0) is 62.1 Å². The quantitative estimate of drug-likeness (QED) is 0.313. The number of amides is 2. The monoisotopic (exact) mass is 569 g/mol. The fourth-order valence-corrected chi connectivity index (χ4v) is 6.03. The Kier molecular flexibility index (Phi) is 10.5. The fraction of sp³-hybridized carbons (Fsp3) is 0.333. The molecule has 0 saturated heterocycles. The Hall–Kier alpha value is -3.36. The molecule has 39 heavy (non-hydrogen) atoms. The van der Waals surface area contributed by atoms with Gasteiger partial charge in [-0.2, -0.15) is 0 Å². The number of rotatable bonds is 12. The van der Waals surface area contributed by atoms with Gasteiger partial charge in [0.05, 0.1) is 10.6 Å². The third-order valence-corrected chi connectivity index (χ3v) is 8.43. The van der Waals surface area contributed by atoms with Crippen LogP contribution in [-0.4, -0.2) is 44.3 Å². The van der Waals surface area contributed by atoms with E-state index in [1.165, 1.54) is 17.0 Å². The Morgan fingerprint density at radius 2 is 1.67 bits per heavy atom. The van der Waals surface area contributed by atoms with E-state index in [-0.39, 0.29) is 17.3 Å². The molecule has 2 amide bonds. The van der Waals surface area contributed by atoms with Crippen molar-refractivity contribution in [2.75, 3.05) is 17.4 Å². The molecule has 0 heterocycles. The highest BCUT2D eigenvalue weighted by atomic mass is 35.5. The van der Waals surface area contributed by atoms with Crippen LogP contribution in [0.15, 0.2) is 77.7 Å². The molecular formula is C30H36ClN3O4S. The van der Waals surface area contributed by atoms with Gasteiger partial charge in [0, 0.05) is 18.1 Å². The molecule has 0 aromatic heterocycles. The number of anilines is 1. The summed E-state index contributed by atoms with van der Waals surface area (Å²) in [6.45, 7) is 7.66. The highest BCUT2D eigenvalue weighted by molar-refractivity contribution is 7.92. The summed E-state index contributed by atoms with van der Waals surface area (Å²) in [4.78, 5) is 28.8. The van der Waals surface area contributed by atoms with E-state index in [1.807, 2.05) is 45.0 Å². The summed E-state index contributed by atoms with van der Waals surface area (Å²) in [5, 5.41) is 3.24. The maximum absolute atomic E-state index is 14.1. The summed E-state index contributed by atoms with van der Waals surface area (Å²) >= 11 is 6.27. The minimum atomic E-state index is -4.14. The summed E-state index contributed by atoms with van der Waals surface area (Å²) in [6, 6.07) is 19.8. The Morgan fingerprint density at radius 3 is 2.31 bits per heavy atom. The maximum Gasteiger partial charge on any atom is 0.264 e. The van der Waals surface area contributed by atoms with Gasteiger partial charge in [-0.25, -0.2) is 8.42 Å². The second kappa shape index (κ2) is 13.6. The van der Waals surface area contributed by atoms with Gasteiger partial charge in [0.15, 0.2) is 0 Å². The topological polar surface area (TPSA) is 86.8 Å². The van der Waals surface area contributed by atoms with E-state index in [0.29, 0.717) is 29.2 Å². The van der Waals surface area contributed by atoms with Crippen molar-refractivity contribution in [1.82, 2.24) is 10.2 Å². The van der Waals surface area contributed by atoms with Gasteiger partial charge in [0.2, 0.25) is 11.8 Å². The fourth-order valence-electron chi connectivity index (χ4n) is 4.38. The molecule has 0 spiro atoms. The van der Waals surface area contributed by atoms with Crippen LogP contribution in [0, 0.1) is 13.8 Å². The zero-order chi connectivity index (χ0) is 28.6. The smallest absolute Gasteiger partial charge is 0.264 e. The molecule has 1 atom stereocenters. The molecule has 7 nitrogen and oxygen atoms in total. The van der Waals surface area contributed by atoms with Crippen LogP contribution >= 0.6 is 11.6 Å². The van der Waals surface area contributed by atoms with Gasteiger partial charge in [-0.3, -0.25) is 13.9 Å². The second-order valence-electron chi connectivity index (χ2n) is 9.48. The van der Waals surface area contributed by atoms with Crippen LogP contribution in [0.4, 0.5) is 5.69 Å². The predicted molar refractivity (Wildman–Crippen MR) is 156 cm³/mol. The molecule has 0 saturated carbocycles. The number of sulfonamides is 1. The number of hydrogen-bond donors (Lipinski definition) is 1. The Balaban J connectivity index is 2.08. The lowest BCUT2D eigenvalue weighted by Gasteiger charge is -2.33. The van der Waals surface area contributed by atoms with Crippen LogP contribution in [-0.2, 0) is 26.2 Å². The summed E-state index contributed by atoms with van der Waals surface area (Å²) in [5.41, 5.74) is 2.82. The third-order valence-electron chi connectivity index (χ3n) is 6.42. The van der Waals surface area contributed by atoms with Gasteiger partial charge in [0.1, 0.15) is 12.6 Å². The van der Waals surface area contributed by atoms with Crippen LogP contribution in [0.3, 0.4) is 0 Å². The van der Waals surface area contributed by atoms with Gasteiger partial charge < -0.3 is 10.2 Å². The molecular weight excluding hydrogens is 534 g/mol. The zero-order valence-corrected chi connectivity index (χ0v) is 24.4. The number of halogens is 1. The van der Waals surface area contributed by atoms with Crippen LogP contribution in [0.5, 0.6) is 0 Å². The van der Waals surface area contributed by atoms with Crippen LogP contribution in [0.2, 0.25) is 5.02 Å². The van der Waals surface area contributed by atoms with Crippen LogP contribution < -0.4 is 9.62 Å². The molecule has 0 aliphatic rings. The van der Waals surface area contributed by atoms with Gasteiger partial charge in [-0.1, -0.05) is 79.5 Å². The van der Waals surface area contributed by atoms with Crippen molar-refractivity contribution in [2.45, 2.75) is 58.0 Å². The lowest BCUT2D eigenvalue weighted by molar-refractivity contribution is -0.140. The highest BCUT2D eigenvalue weighted by Crippen LogP contribution is 2.30. The molecule has 0 bridgehead atoms. The predicted octanol–water partition coefficient (Wildman–Crippen LogP) is 5.49.